The molecule has 0 aromatic carbocycles. The summed E-state index contributed by atoms with van der Waals surface area (Å²) in [4.78, 5) is 31.3. The van der Waals surface area contributed by atoms with E-state index in [1.165, 1.54) is 11.3 Å². The molecule has 2 amide bonds. The molecule has 1 fully saturated rings. The molecular formula is C15H23N3O2S. The predicted molar refractivity (Wildman–Crippen MR) is 82.8 cm³/mol. The van der Waals surface area contributed by atoms with Crippen LogP contribution in [0.1, 0.15) is 51.6 Å². The molecule has 6 heteroatoms. The van der Waals surface area contributed by atoms with Gasteiger partial charge in [0.15, 0.2) is 0 Å². The van der Waals surface area contributed by atoms with Gasteiger partial charge in [0.25, 0.3) is 0 Å². The van der Waals surface area contributed by atoms with Gasteiger partial charge >= 0.3 is 0 Å². The van der Waals surface area contributed by atoms with E-state index in [-0.39, 0.29) is 23.8 Å². The predicted octanol–water partition coefficient (Wildman–Crippen LogP) is 2.36. The first-order valence-corrected chi connectivity index (χ1v) is 8.37. The molecule has 1 N–H and O–H groups in total. The summed E-state index contributed by atoms with van der Waals surface area (Å²) < 4.78 is 0. The minimum Gasteiger partial charge on any atom is -0.342 e. The lowest BCUT2D eigenvalue weighted by molar-refractivity contribution is -0.154. The number of nitrogens with one attached hydrogen (secondary N) is 1. The third-order valence-electron chi connectivity index (χ3n) is 3.87. The molecule has 0 spiro atoms. The van der Waals surface area contributed by atoms with Gasteiger partial charge in [-0.1, -0.05) is 27.2 Å². The maximum absolute atomic E-state index is 12.8. The highest BCUT2D eigenvalue weighted by Crippen LogP contribution is 2.30. The van der Waals surface area contributed by atoms with Crippen molar-refractivity contribution in [2.75, 3.05) is 0 Å². The number of amides is 2. The number of piperazine rings is 1. The van der Waals surface area contributed by atoms with E-state index in [9.17, 15) is 9.59 Å². The molecule has 2 heterocycles. The van der Waals surface area contributed by atoms with Crippen molar-refractivity contribution >= 4 is 23.2 Å². The van der Waals surface area contributed by atoms with Crippen molar-refractivity contribution in [2.45, 2.75) is 58.7 Å². The number of rotatable bonds is 5. The Labute approximate surface area is 129 Å². The van der Waals surface area contributed by atoms with Crippen LogP contribution in [0.5, 0.6) is 0 Å². The fraction of sp³-hybridized carbons (Fsp3) is 0.667. The topological polar surface area (TPSA) is 62.3 Å². The summed E-state index contributed by atoms with van der Waals surface area (Å²) in [5, 5.41) is 5.65. The van der Waals surface area contributed by atoms with Crippen LogP contribution in [0.2, 0.25) is 0 Å². The van der Waals surface area contributed by atoms with Gasteiger partial charge in [-0.2, -0.15) is 0 Å². The number of hydrogen-bond acceptors (Lipinski definition) is 4. The standard InChI is InChI=1S/C15H23N3O2S/c1-5-6-11-15(20)18(10(4)14-16-7-8-21-14)12(9(2)3)13(19)17-11/h7-12H,5-6H2,1-4H3,(H,17,19). The lowest BCUT2D eigenvalue weighted by atomic mass is 9.94. The van der Waals surface area contributed by atoms with E-state index in [4.69, 9.17) is 0 Å². The Morgan fingerprint density at radius 3 is 2.62 bits per heavy atom. The van der Waals surface area contributed by atoms with E-state index in [0.29, 0.717) is 6.42 Å². The molecule has 116 valence electrons. The van der Waals surface area contributed by atoms with Crippen LogP contribution < -0.4 is 5.32 Å². The monoisotopic (exact) mass is 309 g/mol. The molecule has 0 bridgehead atoms. The molecule has 21 heavy (non-hydrogen) atoms. The zero-order chi connectivity index (χ0) is 15.6. The van der Waals surface area contributed by atoms with Gasteiger partial charge in [0.2, 0.25) is 11.8 Å². The third kappa shape index (κ3) is 3.10. The third-order valence-corrected chi connectivity index (χ3v) is 4.82. The van der Waals surface area contributed by atoms with Crippen molar-refractivity contribution in [1.29, 1.82) is 0 Å². The average molecular weight is 309 g/mol. The average Bonchev–Trinajstić information content (AvgIpc) is 2.95. The summed E-state index contributed by atoms with van der Waals surface area (Å²) in [6, 6.07) is -1.00. The van der Waals surface area contributed by atoms with E-state index in [1.807, 2.05) is 33.1 Å². The molecule has 1 aliphatic rings. The van der Waals surface area contributed by atoms with Gasteiger partial charge in [-0.05, 0) is 19.3 Å². The van der Waals surface area contributed by atoms with Crippen LogP contribution in [0.3, 0.4) is 0 Å². The number of thiazole rings is 1. The fourth-order valence-corrected chi connectivity index (χ4v) is 3.56. The van der Waals surface area contributed by atoms with Crippen LogP contribution in [0.25, 0.3) is 0 Å². The Morgan fingerprint density at radius 1 is 1.38 bits per heavy atom. The van der Waals surface area contributed by atoms with Crippen molar-refractivity contribution in [3.8, 4) is 0 Å². The lowest BCUT2D eigenvalue weighted by Crippen LogP contribution is -2.65. The molecule has 3 atom stereocenters. The molecule has 1 saturated heterocycles. The van der Waals surface area contributed by atoms with Crippen LogP contribution in [0, 0.1) is 5.92 Å². The highest BCUT2D eigenvalue weighted by atomic mass is 32.1. The molecule has 0 saturated carbocycles. The molecular weight excluding hydrogens is 286 g/mol. The lowest BCUT2D eigenvalue weighted by Gasteiger charge is -2.43. The normalized spacial score (nSPS) is 24.3. The minimum atomic E-state index is -0.426. The number of nitrogens with zero attached hydrogens (tertiary/aromatic N) is 2. The smallest absolute Gasteiger partial charge is 0.246 e. The van der Waals surface area contributed by atoms with Gasteiger partial charge in [0.1, 0.15) is 17.1 Å². The molecule has 0 radical (unpaired) electrons. The zero-order valence-electron chi connectivity index (χ0n) is 13.0. The van der Waals surface area contributed by atoms with Gasteiger partial charge in [0, 0.05) is 11.6 Å². The number of aromatic nitrogens is 1. The second-order valence-corrected chi connectivity index (χ2v) is 6.76. The van der Waals surface area contributed by atoms with Gasteiger partial charge in [-0.15, -0.1) is 11.3 Å². The Hall–Kier alpha value is -1.43. The first-order valence-electron chi connectivity index (χ1n) is 7.49. The number of carbonyl (C=O) groups is 2. The first-order chi connectivity index (χ1) is 9.97. The van der Waals surface area contributed by atoms with Gasteiger partial charge < -0.3 is 10.2 Å². The zero-order valence-corrected chi connectivity index (χ0v) is 13.8. The molecule has 3 unspecified atom stereocenters. The molecule has 2 rings (SSSR count). The Balaban J connectivity index is 2.34. The summed E-state index contributed by atoms with van der Waals surface area (Å²) in [6.45, 7) is 7.91. The fourth-order valence-electron chi connectivity index (χ4n) is 2.86. The number of hydrogen-bond donors (Lipinski definition) is 1. The van der Waals surface area contributed by atoms with E-state index in [0.717, 1.165) is 11.4 Å². The Kier molecular flexibility index (Phi) is 4.98. The Morgan fingerprint density at radius 2 is 2.10 bits per heavy atom. The summed E-state index contributed by atoms with van der Waals surface area (Å²) >= 11 is 1.52. The van der Waals surface area contributed by atoms with E-state index in [2.05, 4.69) is 10.3 Å². The SMILES string of the molecule is CCCC1NC(=O)C(C(C)C)N(C(C)c2nccs2)C1=O. The summed E-state index contributed by atoms with van der Waals surface area (Å²) in [5.41, 5.74) is 0. The Bertz CT molecular complexity index is 501. The molecule has 1 aromatic rings. The summed E-state index contributed by atoms with van der Waals surface area (Å²) in [5.74, 6) is 0.0308. The van der Waals surface area contributed by atoms with E-state index < -0.39 is 12.1 Å². The van der Waals surface area contributed by atoms with Gasteiger partial charge in [-0.25, -0.2) is 4.98 Å². The van der Waals surface area contributed by atoms with E-state index >= 15 is 0 Å². The largest absolute Gasteiger partial charge is 0.342 e. The maximum Gasteiger partial charge on any atom is 0.246 e. The maximum atomic E-state index is 12.8. The molecule has 5 nitrogen and oxygen atoms in total. The van der Waals surface area contributed by atoms with Crippen molar-refractivity contribution in [2.24, 2.45) is 5.92 Å². The second-order valence-electron chi connectivity index (χ2n) is 5.83. The van der Waals surface area contributed by atoms with E-state index in [1.54, 1.807) is 11.1 Å². The van der Waals surface area contributed by atoms with Gasteiger partial charge in [0.05, 0.1) is 6.04 Å². The second kappa shape index (κ2) is 6.56. The first kappa shape index (κ1) is 15.9. The van der Waals surface area contributed by atoms with Crippen molar-refractivity contribution in [1.82, 2.24) is 15.2 Å². The van der Waals surface area contributed by atoms with Crippen molar-refractivity contribution < 1.29 is 9.59 Å². The highest BCUT2D eigenvalue weighted by Gasteiger charge is 2.44. The van der Waals surface area contributed by atoms with Crippen LogP contribution >= 0.6 is 11.3 Å². The summed E-state index contributed by atoms with van der Waals surface area (Å²) in [6.07, 6.45) is 3.28. The quantitative estimate of drug-likeness (QED) is 0.908. The molecule has 1 aliphatic heterocycles. The molecule has 0 aliphatic carbocycles. The van der Waals surface area contributed by atoms with Crippen molar-refractivity contribution in [3.63, 3.8) is 0 Å². The molecule has 1 aromatic heterocycles. The van der Waals surface area contributed by atoms with Gasteiger partial charge in [-0.3, -0.25) is 9.59 Å². The van der Waals surface area contributed by atoms with Crippen LogP contribution in [0.4, 0.5) is 0 Å². The minimum absolute atomic E-state index is 0.0119. The number of carbonyl (C=O) groups excluding carboxylic acids is 2. The highest BCUT2D eigenvalue weighted by molar-refractivity contribution is 7.09. The van der Waals surface area contributed by atoms with Crippen LogP contribution in [-0.2, 0) is 9.59 Å². The van der Waals surface area contributed by atoms with Crippen LogP contribution in [0.15, 0.2) is 11.6 Å². The van der Waals surface area contributed by atoms with Crippen molar-refractivity contribution in [3.05, 3.63) is 16.6 Å². The van der Waals surface area contributed by atoms with Crippen LogP contribution in [-0.4, -0.2) is 33.8 Å². The summed E-state index contributed by atoms with van der Waals surface area (Å²) in [7, 11) is 0.